The molecular weight excluding hydrogens is 198 g/mol. The first-order chi connectivity index (χ1) is 7.75. The van der Waals surface area contributed by atoms with Gasteiger partial charge in [-0.05, 0) is 72.4 Å². The molecule has 3 nitrogen and oxygen atoms in total. The number of nitrogens with one attached hydrogen (secondary N) is 1. The van der Waals surface area contributed by atoms with Crippen molar-refractivity contribution in [3.05, 3.63) is 0 Å². The van der Waals surface area contributed by atoms with E-state index in [0.717, 1.165) is 12.1 Å². The number of hydrogen-bond acceptors (Lipinski definition) is 3. The average molecular weight is 225 g/mol. The lowest BCUT2D eigenvalue weighted by Gasteiger charge is -2.35. The molecule has 0 spiro atoms. The Morgan fingerprint density at radius 2 is 1.81 bits per heavy atom. The molecule has 0 atom stereocenters. The summed E-state index contributed by atoms with van der Waals surface area (Å²) in [6, 6.07) is 1.69. The molecule has 1 aliphatic heterocycles. The first kappa shape index (κ1) is 12.3. The Morgan fingerprint density at radius 3 is 2.38 bits per heavy atom. The van der Waals surface area contributed by atoms with Crippen LogP contribution in [0.3, 0.4) is 0 Å². The van der Waals surface area contributed by atoms with Gasteiger partial charge in [-0.3, -0.25) is 0 Å². The number of nitrogens with zero attached hydrogens (tertiary/aromatic N) is 2. The van der Waals surface area contributed by atoms with Gasteiger partial charge in [0.05, 0.1) is 0 Å². The number of rotatable bonds is 6. The Hall–Kier alpha value is -0.120. The maximum absolute atomic E-state index is 3.59. The van der Waals surface area contributed by atoms with Crippen molar-refractivity contribution >= 4 is 0 Å². The SMILES string of the molecule is CN(C)C1CCN(CCCNC2CC2)CC1. The zero-order valence-corrected chi connectivity index (χ0v) is 10.9. The standard InChI is InChI=1S/C13H27N3/c1-15(2)13-6-10-16(11-7-13)9-3-8-14-12-4-5-12/h12-14H,3-11H2,1-2H3. The summed E-state index contributed by atoms with van der Waals surface area (Å²) in [4.78, 5) is 5.01. The second-order valence-electron chi connectivity index (χ2n) is 5.62. The van der Waals surface area contributed by atoms with Crippen LogP contribution in [0.4, 0.5) is 0 Å². The first-order valence-corrected chi connectivity index (χ1v) is 6.88. The molecule has 2 fully saturated rings. The fourth-order valence-electron chi connectivity index (χ4n) is 2.56. The zero-order chi connectivity index (χ0) is 11.4. The molecule has 0 aromatic carbocycles. The molecule has 2 aliphatic rings. The molecule has 94 valence electrons. The van der Waals surface area contributed by atoms with Gasteiger partial charge in [-0.25, -0.2) is 0 Å². The quantitative estimate of drug-likeness (QED) is 0.684. The van der Waals surface area contributed by atoms with Gasteiger partial charge in [-0.15, -0.1) is 0 Å². The van der Waals surface area contributed by atoms with Crippen LogP contribution in [0, 0.1) is 0 Å². The largest absolute Gasteiger partial charge is 0.314 e. The lowest BCUT2D eigenvalue weighted by atomic mass is 10.0. The molecule has 2 rings (SSSR count). The summed E-state index contributed by atoms with van der Waals surface area (Å²) in [5.41, 5.74) is 0. The van der Waals surface area contributed by atoms with Crippen LogP contribution in [0.25, 0.3) is 0 Å². The Morgan fingerprint density at radius 1 is 1.12 bits per heavy atom. The third-order valence-electron chi connectivity index (χ3n) is 3.95. The van der Waals surface area contributed by atoms with Crippen LogP contribution in [0.1, 0.15) is 32.1 Å². The molecule has 1 saturated heterocycles. The van der Waals surface area contributed by atoms with Gasteiger partial charge >= 0.3 is 0 Å². The highest BCUT2D eigenvalue weighted by Gasteiger charge is 2.21. The predicted octanol–water partition coefficient (Wildman–Crippen LogP) is 1.15. The third-order valence-corrected chi connectivity index (χ3v) is 3.95. The van der Waals surface area contributed by atoms with Gasteiger partial charge in [-0.2, -0.15) is 0 Å². The van der Waals surface area contributed by atoms with E-state index in [0.29, 0.717) is 0 Å². The van der Waals surface area contributed by atoms with E-state index in [2.05, 4.69) is 29.2 Å². The van der Waals surface area contributed by atoms with Crippen molar-refractivity contribution in [1.29, 1.82) is 0 Å². The van der Waals surface area contributed by atoms with Crippen molar-refractivity contribution in [2.24, 2.45) is 0 Å². The molecule has 0 unspecified atom stereocenters. The van der Waals surface area contributed by atoms with Gasteiger partial charge in [0.25, 0.3) is 0 Å². The molecular formula is C13H27N3. The van der Waals surface area contributed by atoms with Gasteiger partial charge in [0.15, 0.2) is 0 Å². The molecule has 16 heavy (non-hydrogen) atoms. The zero-order valence-electron chi connectivity index (χ0n) is 10.9. The predicted molar refractivity (Wildman–Crippen MR) is 68.8 cm³/mol. The van der Waals surface area contributed by atoms with Gasteiger partial charge in [0.2, 0.25) is 0 Å². The first-order valence-electron chi connectivity index (χ1n) is 6.88. The van der Waals surface area contributed by atoms with Crippen LogP contribution >= 0.6 is 0 Å². The van der Waals surface area contributed by atoms with E-state index in [1.807, 2.05) is 0 Å². The summed E-state index contributed by atoms with van der Waals surface area (Å²) in [7, 11) is 4.42. The lowest BCUT2D eigenvalue weighted by molar-refractivity contribution is 0.144. The van der Waals surface area contributed by atoms with Gasteiger partial charge in [0, 0.05) is 12.1 Å². The Labute approximate surface area is 100 Å². The van der Waals surface area contributed by atoms with Crippen LogP contribution in [0.5, 0.6) is 0 Å². The van der Waals surface area contributed by atoms with Crippen molar-refractivity contribution in [2.45, 2.75) is 44.2 Å². The average Bonchev–Trinajstić information content (AvgIpc) is 3.09. The maximum Gasteiger partial charge on any atom is 0.0113 e. The minimum Gasteiger partial charge on any atom is -0.314 e. The van der Waals surface area contributed by atoms with E-state index in [4.69, 9.17) is 0 Å². The van der Waals surface area contributed by atoms with E-state index in [1.54, 1.807) is 0 Å². The Bertz CT molecular complexity index is 193. The smallest absolute Gasteiger partial charge is 0.0113 e. The minimum absolute atomic E-state index is 0.820. The van der Waals surface area contributed by atoms with Crippen molar-refractivity contribution in [3.63, 3.8) is 0 Å². The van der Waals surface area contributed by atoms with E-state index in [9.17, 15) is 0 Å². The molecule has 0 aromatic heterocycles. The number of hydrogen-bond donors (Lipinski definition) is 1. The molecule has 0 bridgehead atoms. The monoisotopic (exact) mass is 225 g/mol. The molecule has 1 saturated carbocycles. The summed E-state index contributed by atoms with van der Waals surface area (Å²) in [6.45, 7) is 5.11. The fraction of sp³-hybridized carbons (Fsp3) is 1.00. The summed E-state index contributed by atoms with van der Waals surface area (Å²) in [5, 5.41) is 3.59. The van der Waals surface area contributed by atoms with Crippen LogP contribution in [-0.4, -0.2) is 62.2 Å². The van der Waals surface area contributed by atoms with E-state index >= 15 is 0 Å². The van der Waals surface area contributed by atoms with Crippen molar-refractivity contribution in [3.8, 4) is 0 Å². The van der Waals surface area contributed by atoms with Gasteiger partial charge in [-0.1, -0.05) is 0 Å². The molecule has 0 amide bonds. The fourth-order valence-corrected chi connectivity index (χ4v) is 2.56. The second-order valence-corrected chi connectivity index (χ2v) is 5.62. The molecule has 0 aromatic rings. The molecule has 1 N–H and O–H groups in total. The van der Waals surface area contributed by atoms with E-state index in [1.165, 1.54) is 58.3 Å². The molecule has 1 heterocycles. The highest BCUT2D eigenvalue weighted by atomic mass is 15.2. The summed E-state index contributed by atoms with van der Waals surface area (Å²) in [6.07, 6.45) is 6.84. The van der Waals surface area contributed by atoms with Crippen LogP contribution < -0.4 is 5.32 Å². The highest BCUT2D eigenvalue weighted by Crippen LogP contribution is 2.18. The van der Waals surface area contributed by atoms with Crippen molar-refractivity contribution in [1.82, 2.24) is 15.1 Å². The molecule has 0 radical (unpaired) electrons. The minimum atomic E-state index is 0.820. The van der Waals surface area contributed by atoms with Crippen molar-refractivity contribution in [2.75, 3.05) is 40.3 Å². The molecule has 1 aliphatic carbocycles. The summed E-state index contributed by atoms with van der Waals surface area (Å²) < 4.78 is 0. The second kappa shape index (κ2) is 5.99. The van der Waals surface area contributed by atoms with Crippen LogP contribution in [0.15, 0.2) is 0 Å². The van der Waals surface area contributed by atoms with Gasteiger partial charge < -0.3 is 15.1 Å². The van der Waals surface area contributed by atoms with E-state index < -0.39 is 0 Å². The van der Waals surface area contributed by atoms with Gasteiger partial charge in [0.1, 0.15) is 0 Å². The summed E-state index contributed by atoms with van der Waals surface area (Å²) in [5.74, 6) is 0. The van der Waals surface area contributed by atoms with Crippen LogP contribution in [0.2, 0.25) is 0 Å². The maximum atomic E-state index is 3.59. The Kier molecular flexibility index (Phi) is 4.62. The normalized spacial score (nSPS) is 24.2. The van der Waals surface area contributed by atoms with E-state index in [-0.39, 0.29) is 0 Å². The lowest BCUT2D eigenvalue weighted by Crippen LogP contribution is -2.42. The summed E-state index contributed by atoms with van der Waals surface area (Å²) >= 11 is 0. The Balaban J connectivity index is 1.50. The topological polar surface area (TPSA) is 18.5 Å². The molecule has 3 heteroatoms. The highest BCUT2D eigenvalue weighted by molar-refractivity contribution is 4.81. The van der Waals surface area contributed by atoms with Crippen LogP contribution in [-0.2, 0) is 0 Å². The van der Waals surface area contributed by atoms with Crippen molar-refractivity contribution < 1.29 is 0 Å². The number of piperidine rings is 1. The number of likely N-dealkylation sites (tertiary alicyclic amines) is 1. The third kappa shape index (κ3) is 4.04.